The molecular formula is C17H14F3N5O2. The van der Waals surface area contributed by atoms with Gasteiger partial charge in [0.25, 0.3) is 0 Å². The van der Waals surface area contributed by atoms with Gasteiger partial charge in [0, 0.05) is 18.7 Å². The maximum atomic E-state index is 13.6. The standard InChI is InChI=1S/C17H14F3N5O2/c18-11-3-2-10(6-14(11)27-17(19)20)12-7-21-13-8-22-25(16(13)23-12)9-15(26)24-4-1-5-24/h2-3,6-8,17H,1,4-5,9H2. The Bertz CT molecular complexity index is 1000. The molecule has 1 aromatic carbocycles. The van der Waals surface area contributed by atoms with Crippen LogP contribution in [0.15, 0.2) is 30.6 Å². The number of rotatable bonds is 5. The molecule has 0 atom stereocenters. The topological polar surface area (TPSA) is 73.1 Å². The molecule has 3 heterocycles. The minimum absolute atomic E-state index is 0.0325. The van der Waals surface area contributed by atoms with E-state index in [2.05, 4.69) is 19.8 Å². The van der Waals surface area contributed by atoms with Crippen molar-refractivity contribution in [1.29, 1.82) is 0 Å². The molecule has 0 bridgehead atoms. The van der Waals surface area contributed by atoms with Crippen LogP contribution in [0.1, 0.15) is 6.42 Å². The number of hydrogen-bond acceptors (Lipinski definition) is 5. The highest BCUT2D eigenvalue weighted by Crippen LogP contribution is 2.27. The van der Waals surface area contributed by atoms with Crippen molar-refractivity contribution in [2.24, 2.45) is 0 Å². The van der Waals surface area contributed by atoms with Gasteiger partial charge in [-0.3, -0.25) is 4.79 Å². The van der Waals surface area contributed by atoms with Crippen molar-refractivity contribution in [3.05, 3.63) is 36.4 Å². The van der Waals surface area contributed by atoms with Gasteiger partial charge in [-0.05, 0) is 24.6 Å². The molecule has 27 heavy (non-hydrogen) atoms. The van der Waals surface area contributed by atoms with Crippen LogP contribution < -0.4 is 4.74 Å². The van der Waals surface area contributed by atoms with E-state index in [-0.39, 0.29) is 12.5 Å². The minimum Gasteiger partial charge on any atom is -0.432 e. The minimum atomic E-state index is -3.14. The lowest BCUT2D eigenvalue weighted by Crippen LogP contribution is -2.43. The van der Waals surface area contributed by atoms with E-state index in [0.29, 0.717) is 22.4 Å². The molecule has 0 N–H and O–H groups in total. The summed E-state index contributed by atoms with van der Waals surface area (Å²) in [5, 5.41) is 4.14. The molecule has 1 saturated heterocycles. The van der Waals surface area contributed by atoms with E-state index in [4.69, 9.17) is 0 Å². The zero-order valence-electron chi connectivity index (χ0n) is 14.0. The number of carbonyl (C=O) groups is 1. The molecule has 4 rings (SSSR count). The van der Waals surface area contributed by atoms with Gasteiger partial charge in [-0.1, -0.05) is 0 Å². The van der Waals surface area contributed by atoms with Gasteiger partial charge in [0.15, 0.2) is 17.2 Å². The number of hydrogen-bond donors (Lipinski definition) is 0. The number of halogens is 3. The number of likely N-dealkylation sites (tertiary alicyclic amines) is 1. The maximum Gasteiger partial charge on any atom is 0.387 e. The van der Waals surface area contributed by atoms with E-state index in [1.807, 2.05) is 0 Å². The Labute approximate surface area is 151 Å². The summed E-state index contributed by atoms with van der Waals surface area (Å²) >= 11 is 0. The van der Waals surface area contributed by atoms with Crippen LogP contribution in [-0.2, 0) is 11.3 Å². The van der Waals surface area contributed by atoms with Crippen LogP contribution in [0.2, 0.25) is 0 Å². The van der Waals surface area contributed by atoms with Crippen LogP contribution in [0, 0.1) is 5.82 Å². The van der Waals surface area contributed by atoms with Crippen molar-refractivity contribution in [2.45, 2.75) is 19.6 Å². The largest absolute Gasteiger partial charge is 0.432 e. The number of amides is 1. The average molecular weight is 377 g/mol. The highest BCUT2D eigenvalue weighted by Gasteiger charge is 2.21. The number of nitrogens with zero attached hydrogens (tertiary/aromatic N) is 5. The van der Waals surface area contributed by atoms with Crippen LogP contribution in [0.25, 0.3) is 22.4 Å². The average Bonchev–Trinajstić information content (AvgIpc) is 2.97. The number of benzene rings is 1. The summed E-state index contributed by atoms with van der Waals surface area (Å²) in [5.41, 5.74) is 1.53. The van der Waals surface area contributed by atoms with Gasteiger partial charge in [-0.15, -0.1) is 0 Å². The lowest BCUT2D eigenvalue weighted by Gasteiger charge is -2.30. The Morgan fingerprint density at radius 2 is 2.07 bits per heavy atom. The molecular weight excluding hydrogens is 363 g/mol. The molecule has 140 valence electrons. The Kier molecular flexibility index (Phi) is 4.38. The van der Waals surface area contributed by atoms with Gasteiger partial charge < -0.3 is 9.64 Å². The number of fused-ring (bicyclic) bond motifs is 1. The third-order valence-corrected chi connectivity index (χ3v) is 4.28. The van der Waals surface area contributed by atoms with Crippen molar-refractivity contribution in [2.75, 3.05) is 13.1 Å². The van der Waals surface area contributed by atoms with Crippen molar-refractivity contribution >= 4 is 17.1 Å². The molecule has 0 spiro atoms. The SMILES string of the molecule is O=C(Cn1ncc2ncc(-c3ccc(F)c(OC(F)F)c3)nc21)N1CCC1. The summed E-state index contributed by atoms with van der Waals surface area (Å²) < 4.78 is 44.1. The fourth-order valence-corrected chi connectivity index (χ4v) is 2.75. The molecule has 0 aliphatic carbocycles. The second-order valence-corrected chi connectivity index (χ2v) is 6.02. The van der Waals surface area contributed by atoms with Crippen molar-refractivity contribution in [3.8, 4) is 17.0 Å². The number of carbonyl (C=O) groups excluding carboxylic acids is 1. The first-order valence-corrected chi connectivity index (χ1v) is 8.22. The van der Waals surface area contributed by atoms with E-state index in [1.54, 1.807) is 4.90 Å². The molecule has 0 saturated carbocycles. The Morgan fingerprint density at radius 1 is 1.26 bits per heavy atom. The number of alkyl halides is 2. The normalized spacial score (nSPS) is 13.9. The smallest absolute Gasteiger partial charge is 0.387 e. The predicted molar refractivity (Wildman–Crippen MR) is 88.5 cm³/mol. The van der Waals surface area contributed by atoms with Crippen molar-refractivity contribution in [1.82, 2.24) is 24.6 Å². The first kappa shape index (κ1) is 17.3. The molecule has 7 nitrogen and oxygen atoms in total. The van der Waals surface area contributed by atoms with Gasteiger partial charge in [-0.25, -0.2) is 19.0 Å². The maximum absolute atomic E-state index is 13.6. The second kappa shape index (κ2) is 6.86. The number of aromatic nitrogens is 4. The van der Waals surface area contributed by atoms with Crippen LogP contribution in [0.4, 0.5) is 13.2 Å². The molecule has 1 aliphatic rings. The second-order valence-electron chi connectivity index (χ2n) is 6.02. The molecule has 1 aliphatic heterocycles. The Morgan fingerprint density at radius 3 is 2.78 bits per heavy atom. The zero-order chi connectivity index (χ0) is 19.0. The Hall–Kier alpha value is -3.17. The van der Waals surface area contributed by atoms with Gasteiger partial charge >= 0.3 is 6.61 Å². The molecule has 0 unspecified atom stereocenters. The first-order chi connectivity index (χ1) is 13.0. The molecule has 3 aromatic rings. The monoisotopic (exact) mass is 377 g/mol. The lowest BCUT2D eigenvalue weighted by molar-refractivity contribution is -0.135. The molecule has 2 aromatic heterocycles. The lowest BCUT2D eigenvalue weighted by atomic mass is 10.1. The van der Waals surface area contributed by atoms with Gasteiger partial charge in [0.2, 0.25) is 5.91 Å². The zero-order valence-corrected chi connectivity index (χ0v) is 14.0. The van der Waals surface area contributed by atoms with Gasteiger partial charge in [0.1, 0.15) is 12.1 Å². The molecule has 10 heteroatoms. The van der Waals surface area contributed by atoms with E-state index < -0.39 is 18.2 Å². The third-order valence-electron chi connectivity index (χ3n) is 4.28. The number of ether oxygens (including phenoxy) is 1. The summed E-state index contributed by atoms with van der Waals surface area (Å²) in [6.45, 7) is -1.64. The van der Waals surface area contributed by atoms with Crippen LogP contribution in [0.5, 0.6) is 5.75 Å². The van der Waals surface area contributed by atoms with Gasteiger partial charge in [-0.2, -0.15) is 13.9 Å². The molecule has 1 fully saturated rings. The summed E-state index contributed by atoms with van der Waals surface area (Å²) in [4.78, 5) is 22.5. The highest BCUT2D eigenvalue weighted by molar-refractivity contribution is 5.79. The van der Waals surface area contributed by atoms with Crippen LogP contribution in [0.3, 0.4) is 0 Å². The van der Waals surface area contributed by atoms with Crippen LogP contribution in [-0.4, -0.2) is 50.3 Å². The van der Waals surface area contributed by atoms with E-state index in [0.717, 1.165) is 31.6 Å². The molecule has 0 radical (unpaired) electrons. The quantitative estimate of drug-likeness (QED) is 0.683. The molecule has 1 amide bonds. The van der Waals surface area contributed by atoms with Gasteiger partial charge in [0.05, 0.1) is 18.1 Å². The van der Waals surface area contributed by atoms with Crippen molar-refractivity contribution in [3.63, 3.8) is 0 Å². The summed E-state index contributed by atoms with van der Waals surface area (Å²) in [6, 6.07) is 3.53. The van der Waals surface area contributed by atoms with Crippen molar-refractivity contribution < 1.29 is 22.7 Å². The first-order valence-electron chi connectivity index (χ1n) is 8.22. The van der Waals surface area contributed by atoms with E-state index in [1.165, 1.54) is 23.1 Å². The fraction of sp³-hybridized carbons (Fsp3) is 0.294. The summed E-state index contributed by atoms with van der Waals surface area (Å²) in [7, 11) is 0. The predicted octanol–water partition coefficient (Wildman–Crippen LogP) is 2.47. The summed E-state index contributed by atoms with van der Waals surface area (Å²) in [5.74, 6) is -1.54. The Balaban J connectivity index is 1.66. The summed E-state index contributed by atoms with van der Waals surface area (Å²) in [6.07, 6.45) is 3.90. The third kappa shape index (κ3) is 3.42. The fourth-order valence-electron chi connectivity index (χ4n) is 2.75. The van der Waals surface area contributed by atoms with Crippen LogP contribution >= 0.6 is 0 Å². The van der Waals surface area contributed by atoms with E-state index in [9.17, 15) is 18.0 Å². The highest BCUT2D eigenvalue weighted by atomic mass is 19.3. The van der Waals surface area contributed by atoms with E-state index >= 15 is 0 Å².